The van der Waals surface area contributed by atoms with Gasteiger partial charge in [0, 0.05) is 18.7 Å². The Bertz CT molecular complexity index is 352. The number of rotatable bonds is 2. The van der Waals surface area contributed by atoms with Crippen LogP contribution in [-0.2, 0) is 4.79 Å². The van der Waals surface area contributed by atoms with E-state index in [2.05, 4.69) is 5.32 Å². The van der Waals surface area contributed by atoms with Crippen molar-refractivity contribution in [3.05, 3.63) is 11.6 Å². The van der Waals surface area contributed by atoms with Crippen molar-refractivity contribution in [3.8, 4) is 0 Å². The van der Waals surface area contributed by atoms with Gasteiger partial charge in [-0.05, 0) is 6.42 Å². The van der Waals surface area contributed by atoms with Gasteiger partial charge in [-0.25, -0.2) is 4.79 Å². The summed E-state index contributed by atoms with van der Waals surface area (Å²) in [5.74, 6) is -1.21. The number of hydrogen-bond donors (Lipinski definition) is 2. The molecule has 1 aliphatic rings. The molecule has 2 N–H and O–H groups in total. The van der Waals surface area contributed by atoms with Gasteiger partial charge < -0.3 is 15.3 Å². The molecule has 1 heterocycles. The van der Waals surface area contributed by atoms with Crippen molar-refractivity contribution in [2.24, 2.45) is 0 Å². The van der Waals surface area contributed by atoms with E-state index in [0.29, 0.717) is 0 Å². The molecule has 1 aliphatic heterocycles. The van der Waals surface area contributed by atoms with Crippen LogP contribution in [0.25, 0.3) is 0 Å². The number of urea groups is 1. The van der Waals surface area contributed by atoms with Gasteiger partial charge in [-0.15, -0.1) is 0 Å². The van der Waals surface area contributed by atoms with Gasteiger partial charge in [-0.2, -0.15) is 13.2 Å². The summed E-state index contributed by atoms with van der Waals surface area (Å²) in [6.07, 6.45) is -3.70. The Balaban J connectivity index is 2.49. The third kappa shape index (κ3) is 3.97. The highest BCUT2D eigenvalue weighted by Crippen LogP contribution is 2.29. The number of alkyl halides is 3. The molecule has 0 saturated heterocycles. The van der Waals surface area contributed by atoms with E-state index in [1.807, 2.05) is 0 Å². The third-order valence-electron chi connectivity index (χ3n) is 2.25. The fourth-order valence-electron chi connectivity index (χ4n) is 1.37. The first-order valence-electron chi connectivity index (χ1n) is 4.81. The maximum Gasteiger partial charge on any atom is 0.412 e. The van der Waals surface area contributed by atoms with Crippen molar-refractivity contribution in [3.63, 3.8) is 0 Å². The number of amides is 2. The molecule has 0 saturated carbocycles. The second-order valence-electron chi connectivity index (χ2n) is 3.48. The van der Waals surface area contributed by atoms with Crippen molar-refractivity contribution >= 4 is 12.0 Å². The van der Waals surface area contributed by atoms with Gasteiger partial charge in [0.05, 0.1) is 0 Å². The van der Waals surface area contributed by atoms with E-state index in [0.717, 1.165) is 11.0 Å². The highest BCUT2D eigenvalue weighted by Gasteiger charge is 2.35. The monoisotopic (exact) mass is 252 g/mol. The Labute approximate surface area is 94.9 Å². The zero-order valence-corrected chi connectivity index (χ0v) is 8.75. The molecule has 0 aromatic heterocycles. The average Bonchev–Trinajstić information content (AvgIpc) is 2.25. The van der Waals surface area contributed by atoms with E-state index < -0.39 is 30.3 Å². The van der Waals surface area contributed by atoms with Crippen molar-refractivity contribution in [2.45, 2.75) is 12.6 Å². The van der Waals surface area contributed by atoms with Gasteiger partial charge in [-0.3, -0.25) is 4.79 Å². The van der Waals surface area contributed by atoms with Gasteiger partial charge in [-0.1, -0.05) is 6.08 Å². The summed E-state index contributed by atoms with van der Waals surface area (Å²) >= 11 is 0. The van der Waals surface area contributed by atoms with E-state index in [-0.39, 0.29) is 19.5 Å². The maximum atomic E-state index is 12.3. The summed E-state index contributed by atoms with van der Waals surface area (Å²) < 4.78 is 36.8. The lowest BCUT2D eigenvalue weighted by Gasteiger charge is -2.27. The molecule has 96 valence electrons. The molecule has 0 aromatic rings. The highest BCUT2D eigenvalue weighted by atomic mass is 19.4. The van der Waals surface area contributed by atoms with Crippen molar-refractivity contribution < 1.29 is 27.9 Å². The third-order valence-corrected chi connectivity index (χ3v) is 2.25. The van der Waals surface area contributed by atoms with Crippen LogP contribution in [0, 0.1) is 0 Å². The fraction of sp³-hybridized carbons (Fsp3) is 0.556. The number of aliphatic carboxylic acids is 1. The predicted molar refractivity (Wildman–Crippen MR) is 51.4 cm³/mol. The summed E-state index contributed by atoms with van der Waals surface area (Å²) in [5.41, 5.74) is -0.653. The van der Waals surface area contributed by atoms with Gasteiger partial charge in [0.25, 0.3) is 0 Å². The lowest BCUT2D eigenvalue weighted by atomic mass is 10.1. The molecule has 0 radical (unpaired) electrons. The van der Waals surface area contributed by atoms with E-state index in [1.165, 1.54) is 0 Å². The highest BCUT2D eigenvalue weighted by molar-refractivity contribution is 5.80. The Kier molecular flexibility index (Phi) is 3.97. The number of carboxylic acid groups (broad SMARTS) is 1. The lowest BCUT2D eigenvalue weighted by molar-refractivity contribution is -0.135. The van der Waals surface area contributed by atoms with Crippen LogP contribution in [0.15, 0.2) is 11.6 Å². The normalized spacial score (nSPS) is 16.4. The Morgan fingerprint density at radius 1 is 1.47 bits per heavy atom. The van der Waals surface area contributed by atoms with Crippen LogP contribution >= 0.6 is 0 Å². The molecule has 2 amide bonds. The minimum Gasteiger partial charge on any atom is -0.480 e. The minimum atomic E-state index is -4.36. The number of hydrogen-bond acceptors (Lipinski definition) is 2. The van der Waals surface area contributed by atoms with Gasteiger partial charge >= 0.3 is 18.2 Å². The number of carboxylic acids is 1. The zero-order chi connectivity index (χ0) is 13.1. The van der Waals surface area contributed by atoms with Gasteiger partial charge in [0.1, 0.15) is 6.54 Å². The molecule has 0 fully saturated rings. The SMILES string of the molecule is O=C(O)CNC(=O)N1CC=C(C(F)(F)F)CC1. The van der Waals surface area contributed by atoms with E-state index in [1.54, 1.807) is 0 Å². The molecule has 0 unspecified atom stereocenters. The van der Waals surface area contributed by atoms with Gasteiger partial charge in [0.2, 0.25) is 0 Å². The summed E-state index contributed by atoms with van der Waals surface area (Å²) in [7, 11) is 0. The van der Waals surface area contributed by atoms with Crippen LogP contribution in [0.4, 0.5) is 18.0 Å². The quantitative estimate of drug-likeness (QED) is 0.719. The molecule has 1 rings (SSSR count). The topological polar surface area (TPSA) is 69.6 Å². The molecule has 0 bridgehead atoms. The lowest BCUT2D eigenvalue weighted by Crippen LogP contribution is -2.44. The first kappa shape index (κ1) is 13.3. The van der Waals surface area contributed by atoms with E-state index in [9.17, 15) is 22.8 Å². The molecular formula is C9H11F3N2O3. The van der Waals surface area contributed by atoms with Crippen LogP contribution in [0.5, 0.6) is 0 Å². The van der Waals surface area contributed by atoms with Crippen LogP contribution in [0.3, 0.4) is 0 Å². The van der Waals surface area contributed by atoms with Crippen molar-refractivity contribution in [2.75, 3.05) is 19.6 Å². The maximum absolute atomic E-state index is 12.3. The predicted octanol–water partition coefficient (Wildman–Crippen LogP) is 0.975. The molecule has 0 atom stereocenters. The van der Waals surface area contributed by atoms with E-state index >= 15 is 0 Å². The number of nitrogens with one attached hydrogen (secondary N) is 1. The Morgan fingerprint density at radius 3 is 2.53 bits per heavy atom. The number of carbonyl (C=O) groups excluding carboxylic acids is 1. The molecular weight excluding hydrogens is 241 g/mol. The largest absolute Gasteiger partial charge is 0.480 e. The summed E-state index contributed by atoms with van der Waals surface area (Å²) in [6, 6.07) is -0.676. The molecule has 0 spiro atoms. The second kappa shape index (κ2) is 5.07. The first-order chi connectivity index (χ1) is 7.80. The molecule has 0 aromatic carbocycles. The fourth-order valence-corrected chi connectivity index (χ4v) is 1.37. The molecule has 5 nitrogen and oxygen atoms in total. The second-order valence-corrected chi connectivity index (χ2v) is 3.48. The van der Waals surface area contributed by atoms with Crippen molar-refractivity contribution in [1.82, 2.24) is 10.2 Å². The van der Waals surface area contributed by atoms with Gasteiger partial charge in [0.15, 0.2) is 0 Å². The van der Waals surface area contributed by atoms with Crippen LogP contribution in [0.1, 0.15) is 6.42 Å². The van der Waals surface area contributed by atoms with Crippen LogP contribution < -0.4 is 5.32 Å². The van der Waals surface area contributed by atoms with Crippen LogP contribution in [-0.4, -0.2) is 47.8 Å². The number of carbonyl (C=O) groups is 2. The van der Waals surface area contributed by atoms with Crippen molar-refractivity contribution in [1.29, 1.82) is 0 Å². The standard InChI is InChI=1S/C9H11F3N2O3/c10-9(11,12)6-1-3-14(4-2-6)8(17)13-5-7(15)16/h1H,2-5H2,(H,13,17)(H,15,16). The Hall–Kier alpha value is -1.73. The van der Waals surface area contributed by atoms with E-state index in [4.69, 9.17) is 5.11 Å². The summed E-state index contributed by atoms with van der Waals surface area (Å²) in [5, 5.41) is 10.4. The molecule has 8 heteroatoms. The summed E-state index contributed by atoms with van der Waals surface area (Å²) in [4.78, 5) is 22.6. The zero-order valence-electron chi connectivity index (χ0n) is 8.75. The smallest absolute Gasteiger partial charge is 0.412 e. The number of halogens is 3. The first-order valence-corrected chi connectivity index (χ1v) is 4.81. The average molecular weight is 252 g/mol. The minimum absolute atomic E-state index is 0.0726. The number of nitrogens with zero attached hydrogens (tertiary/aromatic N) is 1. The Morgan fingerprint density at radius 2 is 2.12 bits per heavy atom. The van der Waals surface area contributed by atoms with Crippen LogP contribution in [0.2, 0.25) is 0 Å². The molecule has 0 aliphatic carbocycles. The molecule has 17 heavy (non-hydrogen) atoms. The summed E-state index contributed by atoms with van der Waals surface area (Å²) in [6.45, 7) is -0.789.